The van der Waals surface area contributed by atoms with Gasteiger partial charge in [-0.2, -0.15) is 5.10 Å². The molecule has 0 spiro atoms. The van der Waals surface area contributed by atoms with Crippen molar-refractivity contribution in [2.24, 2.45) is 0 Å². The highest BCUT2D eigenvalue weighted by atomic mass is 19.1. The lowest BCUT2D eigenvalue weighted by Gasteiger charge is -2.31. The number of anilines is 1. The van der Waals surface area contributed by atoms with Crippen molar-refractivity contribution in [3.05, 3.63) is 126 Å². The molecule has 2 aromatic heterocycles. The van der Waals surface area contributed by atoms with Crippen LogP contribution in [-0.4, -0.2) is 31.9 Å². The maximum atomic E-state index is 14.0. The topological polar surface area (TPSA) is 64.3 Å². The number of ether oxygens (including phenoxy) is 1. The van der Waals surface area contributed by atoms with Gasteiger partial charge in [0.05, 0.1) is 36.3 Å². The lowest BCUT2D eigenvalue weighted by Crippen LogP contribution is -2.38. The van der Waals surface area contributed by atoms with E-state index in [0.717, 1.165) is 39.8 Å². The number of rotatable bonds is 5. The molecule has 6 rings (SSSR count). The number of carbonyl (C=O) groups is 1. The number of benzene rings is 3. The van der Waals surface area contributed by atoms with Crippen molar-refractivity contribution in [3.63, 3.8) is 0 Å². The van der Waals surface area contributed by atoms with Crippen molar-refractivity contribution in [2.45, 2.75) is 26.4 Å². The first-order valence-electron chi connectivity index (χ1n) is 12.9. The van der Waals surface area contributed by atoms with E-state index in [1.165, 1.54) is 12.1 Å². The number of halogens is 1. The second kappa shape index (κ2) is 10.1. The number of aryl methyl sites for hydroxylation is 1. The van der Waals surface area contributed by atoms with Gasteiger partial charge < -0.3 is 19.5 Å². The molecule has 1 aliphatic rings. The number of fused-ring (bicyclic) bond motifs is 3. The number of amides is 2. The Balaban J connectivity index is 1.53. The van der Waals surface area contributed by atoms with Gasteiger partial charge in [-0.1, -0.05) is 30.3 Å². The molecule has 196 valence electrons. The molecule has 0 radical (unpaired) electrons. The van der Waals surface area contributed by atoms with Gasteiger partial charge in [-0.3, -0.25) is 0 Å². The number of aromatic nitrogens is 3. The molecule has 5 aromatic rings. The normalized spacial score (nSPS) is 14.3. The van der Waals surface area contributed by atoms with Crippen LogP contribution in [0.3, 0.4) is 0 Å². The summed E-state index contributed by atoms with van der Waals surface area (Å²) >= 11 is 0. The van der Waals surface area contributed by atoms with Gasteiger partial charge in [0.15, 0.2) is 0 Å². The smallest absolute Gasteiger partial charge is 0.322 e. The molecule has 0 unspecified atom stereocenters. The van der Waals surface area contributed by atoms with E-state index < -0.39 is 6.04 Å². The van der Waals surface area contributed by atoms with Crippen LogP contribution >= 0.6 is 0 Å². The maximum Gasteiger partial charge on any atom is 0.322 e. The molecule has 8 heteroatoms. The van der Waals surface area contributed by atoms with Crippen molar-refractivity contribution >= 4 is 11.7 Å². The largest absolute Gasteiger partial charge is 0.494 e. The minimum Gasteiger partial charge on any atom is -0.494 e. The van der Waals surface area contributed by atoms with Crippen LogP contribution < -0.4 is 10.1 Å². The van der Waals surface area contributed by atoms with Crippen LogP contribution in [0.2, 0.25) is 0 Å². The molecule has 7 nitrogen and oxygen atoms in total. The Bertz CT molecular complexity index is 1620. The maximum absolute atomic E-state index is 14.0. The molecule has 1 aliphatic heterocycles. The number of hydrogen-bond acceptors (Lipinski definition) is 3. The summed E-state index contributed by atoms with van der Waals surface area (Å²) < 4.78 is 23.4. The van der Waals surface area contributed by atoms with E-state index in [0.29, 0.717) is 18.8 Å². The standard InChI is InChI=1S/C31H28FN5O2/c1-3-39-26-12-7-9-22(19-26)29-28-13-8-18-35(28)30-27(21(2)34-37(30)25-10-5-4-6-11-25)20-36(29)31(38)33-24-16-14-23(32)15-17-24/h4-19,29H,3,20H2,1-2H3,(H,33,38)/t29-/m1/s1. The zero-order valence-electron chi connectivity index (χ0n) is 21.7. The number of nitrogens with zero attached hydrogens (tertiary/aromatic N) is 4. The van der Waals surface area contributed by atoms with Crippen molar-refractivity contribution in [1.29, 1.82) is 0 Å². The monoisotopic (exact) mass is 521 g/mol. The summed E-state index contributed by atoms with van der Waals surface area (Å²) in [6.45, 7) is 4.76. The van der Waals surface area contributed by atoms with Crippen LogP contribution in [0, 0.1) is 12.7 Å². The average Bonchev–Trinajstić information content (AvgIpc) is 3.51. The highest BCUT2D eigenvalue weighted by molar-refractivity contribution is 5.90. The molecule has 0 bridgehead atoms. The third-order valence-corrected chi connectivity index (χ3v) is 6.93. The van der Waals surface area contributed by atoms with E-state index in [1.54, 1.807) is 17.0 Å². The SMILES string of the molecule is CCOc1cccc([C@@H]2c3cccn3-c3c(c(C)nn3-c3ccccc3)CN2C(=O)Nc2ccc(F)cc2)c1. The van der Waals surface area contributed by atoms with Crippen molar-refractivity contribution in [3.8, 4) is 17.3 Å². The van der Waals surface area contributed by atoms with E-state index in [2.05, 4.69) is 9.88 Å². The number of carbonyl (C=O) groups excluding carboxylic acids is 1. The summed E-state index contributed by atoms with van der Waals surface area (Å²) in [7, 11) is 0. The summed E-state index contributed by atoms with van der Waals surface area (Å²) in [5.41, 5.74) is 5.04. The van der Waals surface area contributed by atoms with Crippen LogP contribution in [0.4, 0.5) is 14.9 Å². The number of hydrogen-bond donors (Lipinski definition) is 1. The zero-order valence-corrected chi connectivity index (χ0v) is 21.7. The predicted octanol–water partition coefficient (Wildman–Crippen LogP) is 6.65. The van der Waals surface area contributed by atoms with Gasteiger partial charge >= 0.3 is 6.03 Å². The van der Waals surface area contributed by atoms with Crippen LogP contribution in [0.1, 0.15) is 35.5 Å². The Hall–Kier alpha value is -4.85. The first-order chi connectivity index (χ1) is 19.0. The minimum absolute atomic E-state index is 0.305. The first kappa shape index (κ1) is 24.5. The summed E-state index contributed by atoms with van der Waals surface area (Å²) in [6.07, 6.45) is 2.01. The van der Waals surface area contributed by atoms with Crippen molar-refractivity contribution in [2.75, 3.05) is 11.9 Å². The second-order valence-electron chi connectivity index (χ2n) is 9.41. The van der Waals surface area contributed by atoms with Crippen molar-refractivity contribution in [1.82, 2.24) is 19.2 Å². The number of nitrogens with one attached hydrogen (secondary N) is 1. The summed E-state index contributed by atoms with van der Waals surface area (Å²) in [4.78, 5) is 15.8. The molecule has 0 fully saturated rings. The lowest BCUT2D eigenvalue weighted by atomic mass is 10.0. The van der Waals surface area contributed by atoms with Crippen LogP contribution in [-0.2, 0) is 6.54 Å². The predicted molar refractivity (Wildman–Crippen MR) is 148 cm³/mol. The summed E-state index contributed by atoms with van der Waals surface area (Å²) in [6, 6.07) is 26.9. The van der Waals surface area contributed by atoms with Gasteiger partial charge in [0.1, 0.15) is 17.4 Å². The van der Waals surface area contributed by atoms with Gasteiger partial charge in [-0.05, 0) is 80.1 Å². The fourth-order valence-electron chi connectivity index (χ4n) is 5.17. The van der Waals surface area contributed by atoms with Gasteiger partial charge in [-0.15, -0.1) is 0 Å². The fourth-order valence-corrected chi connectivity index (χ4v) is 5.17. The Morgan fingerprint density at radius 1 is 1.03 bits per heavy atom. The molecular weight excluding hydrogens is 493 g/mol. The third-order valence-electron chi connectivity index (χ3n) is 6.93. The van der Waals surface area contributed by atoms with Gasteiger partial charge in [-0.25, -0.2) is 13.9 Å². The highest BCUT2D eigenvalue weighted by Gasteiger charge is 2.36. The van der Waals surface area contributed by atoms with E-state index in [-0.39, 0.29) is 11.8 Å². The van der Waals surface area contributed by atoms with Crippen LogP contribution in [0.15, 0.2) is 97.2 Å². The Morgan fingerprint density at radius 3 is 2.59 bits per heavy atom. The fraction of sp³-hybridized carbons (Fsp3) is 0.161. The molecule has 1 atom stereocenters. The molecule has 3 heterocycles. The van der Waals surface area contributed by atoms with Gasteiger partial charge in [0.2, 0.25) is 0 Å². The highest BCUT2D eigenvalue weighted by Crippen LogP contribution is 2.39. The van der Waals surface area contributed by atoms with Crippen molar-refractivity contribution < 1.29 is 13.9 Å². The Morgan fingerprint density at radius 2 is 1.82 bits per heavy atom. The number of para-hydroxylation sites is 1. The van der Waals surface area contributed by atoms with E-state index in [9.17, 15) is 9.18 Å². The Kier molecular flexibility index (Phi) is 6.36. The van der Waals surface area contributed by atoms with Gasteiger partial charge in [0, 0.05) is 17.4 Å². The number of urea groups is 1. The molecule has 0 saturated carbocycles. The molecule has 3 aromatic carbocycles. The zero-order chi connectivity index (χ0) is 26.9. The summed E-state index contributed by atoms with van der Waals surface area (Å²) in [5, 5.41) is 7.85. The Labute approximate surface area is 226 Å². The molecule has 1 N–H and O–H groups in total. The molecule has 39 heavy (non-hydrogen) atoms. The molecule has 0 saturated heterocycles. The lowest BCUT2D eigenvalue weighted by molar-refractivity contribution is 0.194. The minimum atomic E-state index is -0.433. The quantitative estimate of drug-likeness (QED) is 0.282. The van der Waals surface area contributed by atoms with Crippen LogP contribution in [0.25, 0.3) is 11.5 Å². The van der Waals surface area contributed by atoms with E-state index in [4.69, 9.17) is 9.84 Å². The molecular formula is C31H28FN5O2. The summed E-state index contributed by atoms with van der Waals surface area (Å²) in [5.74, 6) is 1.27. The van der Waals surface area contributed by atoms with E-state index >= 15 is 0 Å². The van der Waals surface area contributed by atoms with E-state index in [1.807, 2.05) is 91.5 Å². The third kappa shape index (κ3) is 4.54. The van der Waals surface area contributed by atoms with Gasteiger partial charge in [0.25, 0.3) is 0 Å². The first-order valence-corrected chi connectivity index (χ1v) is 12.9. The average molecular weight is 522 g/mol. The van der Waals surface area contributed by atoms with Crippen LogP contribution in [0.5, 0.6) is 5.75 Å². The molecule has 0 aliphatic carbocycles. The molecule has 2 amide bonds. The second-order valence-corrected chi connectivity index (χ2v) is 9.41.